The minimum atomic E-state index is -1.17. The van der Waals surface area contributed by atoms with Crippen LogP contribution in [-0.4, -0.2) is 51.5 Å². The lowest BCUT2D eigenvalue weighted by molar-refractivity contribution is -0.200. The number of phenolic OH excluding ortho intramolecular Hbond substituents is 1. The molecule has 11 heteroatoms. The lowest BCUT2D eigenvalue weighted by atomic mass is 9.38. The van der Waals surface area contributed by atoms with Gasteiger partial charge in [0.15, 0.2) is 11.5 Å². The van der Waals surface area contributed by atoms with Crippen molar-refractivity contribution in [2.75, 3.05) is 5.73 Å². The number of phenols is 1. The summed E-state index contributed by atoms with van der Waals surface area (Å²) in [5, 5.41) is 21.1. The van der Waals surface area contributed by atoms with Crippen molar-refractivity contribution < 1.29 is 48.0 Å². The van der Waals surface area contributed by atoms with E-state index in [9.17, 15) is 29.4 Å². The number of allylic oxidation sites excluding steroid dienone is 4. The number of esters is 2. The van der Waals surface area contributed by atoms with Gasteiger partial charge in [-0.25, -0.2) is 4.79 Å². The zero-order valence-corrected chi connectivity index (χ0v) is 30.0. The van der Waals surface area contributed by atoms with E-state index in [1.807, 2.05) is 26.0 Å². The van der Waals surface area contributed by atoms with Gasteiger partial charge in [-0.3, -0.25) is 14.4 Å². The van der Waals surface area contributed by atoms with Gasteiger partial charge in [0.25, 0.3) is 0 Å². The second-order valence-electron chi connectivity index (χ2n) is 15.8. The van der Waals surface area contributed by atoms with Gasteiger partial charge in [0.1, 0.15) is 28.8 Å². The maximum absolute atomic E-state index is 14.3. The van der Waals surface area contributed by atoms with E-state index in [4.69, 9.17) is 24.4 Å². The molecule has 2 aromatic carbocycles. The van der Waals surface area contributed by atoms with Gasteiger partial charge in [-0.1, -0.05) is 38.1 Å². The summed E-state index contributed by atoms with van der Waals surface area (Å²) >= 11 is 0. The smallest absolute Gasteiger partial charge is 0.347 e. The van der Waals surface area contributed by atoms with E-state index in [1.54, 1.807) is 62.8 Å². The predicted octanol–water partition coefficient (Wildman–Crippen LogP) is 6.63. The highest BCUT2D eigenvalue weighted by Crippen LogP contribution is 2.81. The van der Waals surface area contributed by atoms with Crippen LogP contribution in [0.3, 0.4) is 0 Å². The molecule has 4 N–H and O–H groups in total. The number of ether oxygens (including phenoxy) is 3. The Morgan fingerprint density at radius 2 is 1.69 bits per heavy atom. The molecule has 5 aliphatic rings. The van der Waals surface area contributed by atoms with Crippen molar-refractivity contribution in [3.63, 3.8) is 0 Å². The number of ketones is 2. The summed E-state index contributed by atoms with van der Waals surface area (Å²) in [7, 11) is 0. The van der Waals surface area contributed by atoms with Crippen molar-refractivity contribution in [3.8, 4) is 11.5 Å². The first-order chi connectivity index (χ1) is 24.4. The number of aliphatic hydroxyl groups excluding tert-OH is 1. The number of anilines is 1. The first-order valence-electron chi connectivity index (χ1n) is 17.4. The van der Waals surface area contributed by atoms with E-state index >= 15 is 0 Å². The molecule has 0 amide bonds. The second kappa shape index (κ2) is 11.7. The minimum absolute atomic E-state index is 0.0453. The van der Waals surface area contributed by atoms with Crippen LogP contribution in [0.25, 0.3) is 0 Å². The molecule has 1 saturated heterocycles. The summed E-state index contributed by atoms with van der Waals surface area (Å²) in [5.74, 6) is -2.22. The van der Waals surface area contributed by atoms with Gasteiger partial charge in [0.05, 0.1) is 29.5 Å². The van der Waals surface area contributed by atoms with Crippen molar-refractivity contribution in [1.82, 2.24) is 0 Å². The number of aliphatic hydroxyl groups is 1. The fraction of sp³-hybridized carbons (Fsp3) is 0.415. The maximum Gasteiger partial charge on any atom is 0.347 e. The van der Waals surface area contributed by atoms with Crippen LogP contribution in [0.1, 0.15) is 76.2 Å². The van der Waals surface area contributed by atoms with Gasteiger partial charge in [0, 0.05) is 35.4 Å². The van der Waals surface area contributed by atoms with Gasteiger partial charge < -0.3 is 34.6 Å². The highest BCUT2D eigenvalue weighted by Gasteiger charge is 2.89. The topological polar surface area (TPSA) is 179 Å². The number of fused-ring (bicyclic) bond motifs is 3. The molecule has 4 aliphatic carbocycles. The number of hydrogen-bond acceptors (Lipinski definition) is 11. The molecule has 1 spiro atoms. The normalized spacial score (nSPS) is 34.9. The van der Waals surface area contributed by atoms with E-state index in [2.05, 4.69) is 6.92 Å². The van der Waals surface area contributed by atoms with E-state index in [0.717, 1.165) is 5.56 Å². The van der Waals surface area contributed by atoms with Gasteiger partial charge in [0.2, 0.25) is 5.78 Å². The number of carbonyl (C=O) groups excluding carboxylic acids is 4. The Morgan fingerprint density at radius 1 is 0.981 bits per heavy atom. The maximum atomic E-state index is 14.3. The van der Waals surface area contributed by atoms with Gasteiger partial charge in [-0.05, 0) is 87.1 Å². The SMILES string of the molecule is CC(=O)OC1CC2(C)C(c3ccoc3)CC3OC32C2(C)C(=O)C(O)=C3C(C)(C)C(=O)C=CC3(C)C12.Nc1ccc(C(=O)Oc2ccccc2)c(O)c1. The Labute approximate surface area is 301 Å². The monoisotopic (exact) mass is 709 g/mol. The van der Waals surface area contributed by atoms with Crippen molar-refractivity contribution in [2.45, 2.75) is 78.1 Å². The molecule has 0 bridgehead atoms. The molecule has 52 heavy (non-hydrogen) atoms. The lowest BCUT2D eigenvalue weighted by Gasteiger charge is -2.64. The first-order valence-corrected chi connectivity index (χ1v) is 17.4. The number of furan rings is 1. The van der Waals surface area contributed by atoms with Crippen molar-refractivity contribution >= 4 is 29.2 Å². The number of epoxide rings is 1. The van der Waals surface area contributed by atoms with Crippen LogP contribution < -0.4 is 10.5 Å². The fourth-order valence-electron chi connectivity index (χ4n) is 10.6. The van der Waals surface area contributed by atoms with E-state index in [0.29, 0.717) is 29.9 Å². The number of nitrogens with two attached hydrogens (primary N) is 1. The average Bonchev–Trinajstić information content (AvgIpc) is 3.44. The summed E-state index contributed by atoms with van der Waals surface area (Å²) in [4.78, 5) is 51.3. The Morgan fingerprint density at radius 3 is 2.33 bits per heavy atom. The van der Waals surface area contributed by atoms with Crippen LogP contribution in [0.4, 0.5) is 5.69 Å². The predicted molar refractivity (Wildman–Crippen MR) is 188 cm³/mol. The average molecular weight is 710 g/mol. The van der Waals surface area contributed by atoms with Crippen molar-refractivity contribution in [1.29, 1.82) is 0 Å². The number of rotatable bonds is 4. The molecular formula is C41H43NO10. The van der Waals surface area contributed by atoms with E-state index in [1.165, 1.54) is 25.1 Å². The molecule has 8 unspecified atom stereocenters. The summed E-state index contributed by atoms with van der Waals surface area (Å²) in [6, 6.07) is 14.9. The summed E-state index contributed by atoms with van der Waals surface area (Å²) < 4.78 is 23.0. The molecule has 1 aromatic heterocycles. The molecule has 8 rings (SSSR count). The van der Waals surface area contributed by atoms with E-state index in [-0.39, 0.29) is 34.9 Å². The molecule has 2 heterocycles. The van der Waals surface area contributed by atoms with Crippen LogP contribution in [0, 0.1) is 27.6 Å². The van der Waals surface area contributed by atoms with Crippen LogP contribution in [-0.2, 0) is 23.9 Å². The molecule has 1 aliphatic heterocycles. The summed E-state index contributed by atoms with van der Waals surface area (Å²) in [6.45, 7) is 10.8. The number of Topliss-reactive ketones (excluding diaryl/α,β-unsaturated/α-hetero) is 1. The van der Waals surface area contributed by atoms with Crippen molar-refractivity contribution in [3.05, 3.63) is 102 Å². The molecule has 272 valence electrons. The molecule has 0 radical (unpaired) electrons. The zero-order chi connectivity index (χ0) is 37.6. The third-order valence-electron chi connectivity index (χ3n) is 12.6. The zero-order valence-electron chi connectivity index (χ0n) is 30.0. The largest absolute Gasteiger partial charge is 0.507 e. The number of benzene rings is 2. The molecular weight excluding hydrogens is 666 g/mol. The third kappa shape index (κ3) is 4.74. The Hall–Kier alpha value is -5.16. The highest BCUT2D eigenvalue weighted by atomic mass is 16.6. The highest BCUT2D eigenvalue weighted by molar-refractivity contribution is 6.06. The summed E-state index contributed by atoms with van der Waals surface area (Å²) in [5.41, 5.74) is 2.88. The van der Waals surface area contributed by atoms with Crippen LogP contribution in [0.2, 0.25) is 0 Å². The van der Waals surface area contributed by atoms with Gasteiger partial charge in [-0.15, -0.1) is 0 Å². The van der Waals surface area contributed by atoms with Crippen LogP contribution in [0.15, 0.2) is 95.0 Å². The molecule has 3 aromatic rings. The third-order valence-corrected chi connectivity index (χ3v) is 12.6. The van der Waals surface area contributed by atoms with Crippen LogP contribution >= 0.6 is 0 Å². The Bertz CT molecular complexity index is 2050. The number of hydrogen-bond donors (Lipinski definition) is 3. The van der Waals surface area contributed by atoms with Crippen molar-refractivity contribution in [2.24, 2.45) is 27.6 Å². The number of aromatic hydroxyl groups is 1. The van der Waals surface area contributed by atoms with E-state index < -0.39 is 57.0 Å². The fourth-order valence-corrected chi connectivity index (χ4v) is 10.6. The molecule has 8 atom stereocenters. The second-order valence-corrected chi connectivity index (χ2v) is 15.8. The minimum Gasteiger partial charge on any atom is -0.507 e. The Kier molecular flexibility index (Phi) is 7.92. The quantitative estimate of drug-likeness (QED) is 0.115. The number of carbonyl (C=O) groups is 4. The van der Waals surface area contributed by atoms with Gasteiger partial charge >= 0.3 is 11.9 Å². The summed E-state index contributed by atoms with van der Waals surface area (Å²) in [6.07, 6.45) is 7.17. The molecule has 2 saturated carbocycles. The lowest BCUT2D eigenvalue weighted by Crippen LogP contribution is -2.70. The Balaban J connectivity index is 0.000000208. The molecule has 11 nitrogen and oxygen atoms in total. The standard InChI is InChI=1S/C28H32O7.C13H11NO3/c1-14(29)34-17-12-26(5)16(15-8-10-33-13-15)11-19-28(26,35-19)27(6)21(17)25(4)9-7-18(30)24(2,3)22(25)20(31)23(27)32;14-9-6-7-11(12(15)8-9)13(16)17-10-4-2-1-3-5-10/h7-10,13,16-17,19,21,31H,11-12H2,1-6H3;1-8,15H,14H2. The molecule has 3 fully saturated rings. The first kappa shape index (κ1) is 35.3. The van der Waals surface area contributed by atoms with Crippen LogP contribution in [0.5, 0.6) is 11.5 Å². The number of nitrogen functional groups attached to an aromatic ring is 1. The van der Waals surface area contributed by atoms with Gasteiger partial charge in [-0.2, -0.15) is 0 Å². The number of para-hydroxylation sites is 1.